The quantitative estimate of drug-likeness (QED) is 0.761. The molecule has 1 aromatic heterocycles. The lowest BCUT2D eigenvalue weighted by Gasteiger charge is -2.15. The van der Waals surface area contributed by atoms with E-state index in [4.69, 9.17) is 15.3 Å². The van der Waals surface area contributed by atoms with Crippen LogP contribution in [0.3, 0.4) is 0 Å². The number of amides is 1. The lowest BCUT2D eigenvalue weighted by atomic mass is 10.1. The normalized spacial score (nSPS) is 12.2. The molecule has 0 atom stereocenters. The third kappa shape index (κ3) is 3.06. The van der Waals surface area contributed by atoms with E-state index in [-0.39, 0.29) is 11.6 Å². The van der Waals surface area contributed by atoms with Gasteiger partial charge in [0.05, 0.1) is 23.3 Å². The van der Waals surface area contributed by atoms with Crippen LogP contribution in [-0.2, 0) is 13.1 Å². The highest BCUT2D eigenvalue weighted by molar-refractivity contribution is 5.95. The molecule has 7 nitrogen and oxygen atoms in total. The number of nitriles is 2. The van der Waals surface area contributed by atoms with Gasteiger partial charge in [0.2, 0.25) is 0 Å². The van der Waals surface area contributed by atoms with Gasteiger partial charge in [0.25, 0.3) is 5.91 Å². The molecule has 1 aliphatic heterocycles. The van der Waals surface area contributed by atoms with Gasteiger partial charge in [0.1, 0.15) is 11.4 Å². The SMILES string of the molecule is Cc1n[nH]c(C(=O)N2Cc3ccccc3C2)c1Oc1cc(C#N)cc(C#N)c1. The van der Waals surface area contributed by atoms with Crippen molar-refractivity contribution < 1.29 is 9.53 Å². The summed E-state index contributed by atoms with van der Waals surface area (Å²) in [6.07, 6.45) is 0. The summed E-state index contributed by atoms with van der Waals surface area (Å²) in [6.45, 7) is 2.77. The Balaban J connectivity index is 1.63. The number of carbonyl (C=O) groups is 1. The van der Waals surface area contributed by atoms with Gasteiger partial charge in [-0.1, -0.05) is 24.3 Å². The average molecular weight is 369 g/mol. The molecule has 0 saturated carbocycles. The summed E-state index contributed by atoms with van der Waals surface area (Å²) in [6, 6.07) is 16.4. The predicted octanol–water partition coefficient (Wildman–Crippen LogP) is 3.41. The van der Waals surface area contributed by atoms with E-state index in [9.17, 15) is 4.79 Å². The average Bonchev–Trinajstić information content (AvgIpc) is 3.31. The van der Waals surface area contributed by atoms with E-state index in [1.54, 1.807) is 11.8 Å². The van der Waals surface area contributed by atoms with E-state index in [2.05, 4.69) is 10.2 Å². The van der Waals surface area contributed by atoms with Crippen LogP contribution in [0.25, 0.3) is 0 Å². The van der Waals surface area contributed by atoms with Gasteiger partial charge in [-0.15, -0.1) is 0 Å². The molecule has 1 aliphatic rings. The molecule has 2 heterocycles. The molecular formula is C21H15N5O2. The summed E-state index contributed by atoms with van der Waals surface area (Å²) in [5.41, 5.74) is 3.60. The van der Waals surface area contributed by atoms with Crippen molar-refractivity contribution in [2.75, 3.05) is 0 Å². The smallest absolute Gasteiger partial charge is 0.276 e. The molecule has 136 valence electrons. The lowest BCUT2D eigenvalue weighted by molar-refractivity contribution is 0.0742. The van der Waals surface area contributed by atoms with Crippen LogP contribution in [-0.4, -0.2) is 21.0 Å². The van der Waals surface area contributed by atoms with Crippen LogP contribution in [0.5, 0.6) is 11.5 Å². The zero-order chi connectivity index (χ0) is 19.7. The number of hydrogen-bond acceptors (Lipinski definition) is 5. The van der Waals surface area contributed by atoms with Crippen LogP contribution in [0, 0.1) is 29.6 Å². The number of aromatic nitrogens is 2. The molecule has 7 heteroatoms. The highest BCUT2D eigenvalue weighted by Gasteiger charge is 2.28. The van der Waals surface area contributed by atoms with Gasteiger partial charge in [-0.05, 0) is 36.2 Å². The molecule has 0 radical (unpaired) electrons. The number of rotatable bonds is 3. The van der Waals surface area contributed by atoms with Crippen molar-refractivity contribution in [1.82, 2.24) is 15.1 Å². The van der Waals surface area contributed by atoms with Gasteiger partial charge in [0.15, 0.2) is 11.4 Å². The second-order valence-electron chi connectivity index (χ2n) is 6.51. The van der Waals surface area contributed by atoms with E-state index in [0.717, 1.165) is 11.1 Å². The van der Waals surface area contributed by atoms with Crippen molar-refractivity contribution in [3.05, 3.63) is 76.1 Å². The van der Waals surface area contributed by atoms with Gasteiger partial charge in [-0.25, -0.2) is 0 Å². The zero-order valence-corrected chi connectivity index (χ0v) is 15.1. The Morgan fingerprint density at radius 3 is 2.29 bits per heavy atom. The number of fused-ring (bicyclic) bond motifs is 1. The Morgan fingerprint density at radius 1 is 1.11 bits per heavy atom. The van der Waals surface area contributed by atoms with E-state index in [1.165, 1.54) is 18.2 Å². The minimum atomic E-state index is -0.219. The molecule has 28 heavy (non-hydrogen) atoms. The third-order valence-electron chi connectivity index (χ3n) is 4.62. The maximum absolute atomic E-state index is 13.1. The highest BCUT2D eigenvalue weighted by atomic mass is 16.5. The Morgan fingerprint density at radius 2 is 1.71 bits per heavy atom. The number of H-pyrrole nitrogens is 1. The summed E-state index contributed by atoms with van der Waals surface area (Å²) in [7, 11) is 0. The molecule has 2 aromatic carbocycles. The summed E-state index contributed by atoms with van der Waals surface area (Å²) in [5, 5.41) is 25.2. The molecule has 1 N–H and O–H groups in total. The number of benzene rings is 2. The number of ether oxygens (including phenoxy) is 1. The maximum Gasteiger partial charge on any atom is 0.276 e. The first-order chi connectivity index (χ1) is 13.6. The number of nitrogens with one attached hydrogen (secondary N) is 1. The number of aryl methyl sites for hydroxylation is 1. The van der Waals surface area contributed by atoms with Gasteiger partial charge >= 0.3 is 0 Å². The van der Waals surface area contributed by atoms with Gasteiger partial charge in [-0.3, -0.25) is 9.89 Å². The van der Waals surface area contributed by atoms with E-state index < -0.39 is 0 Å². The minimum absolute atomic E-state index is 0.219. The zero-order valence-electron chi connectivity index (χ0n) is 15.1. The molecule has 3 aromatic rings. The van der Waals surface area contributed by atoms with Crippen LogP contribution in [0.15, 0.2) is 42.5 Å². The first-order valence-electron chi connectivity index (χ1n) is 8.63. The standard InChI is InChI=1S/C21H15N5O2/c1-13-20(28-18-7-14(9-22)6-15(8-18)10-23)19(25-24-13)21(27)26-11-16-4-2-3-5-17(16)12-26/h2-8H,11-12H2,1H3,(H,24,25). The Bertz CT molecular complexity index is 1110. The second-order valence-corrected chi connectivity index (χ2v) is 6.51. The van der Waals surface area contributed by atoms with Crippen molar-refractivity contribution >= 4 is 5.91 Å². The molecule has 0 unspecified atom stereocenters. The first-order valence-corrected chi connectivity index (χ1v) is 8.63. The van der Waals surface area contributed by atoms with E-state index >= 15 is 0 Å². The van der Waals surface area contributed by atoms with Crippen molar-refractivity contribution in [2.24, 2.45) is 0 Å². The van der Waals surface area contributed by atoms with Crippen molar-refractivity contribution in [1.29, 1.82) is 10.5 Å². The van der Waals surface area contributed by atoms with E-state index in [0.29, 0.717) is 41.4 Å². The Kier molecular flexibility index (Phi) is 4.27. The van der Waals surface area contributed by atoms with Crippen LogP contribution < -0.4 is 4.74 Å². The second kappa shape index (κ2) is 6.90. The fourth-order valence-electron chi connectivity index (χ4n) is 3.23. The van der Waals surface area contributed by atoms with Crippen LogP contribution >= 0.6 is 0 Å². The molecule has 0 saturated heterocycles. The Labute approximate surface area is 161 Å². The van der Waals surface area contributed by atoms with Crippen LogP contribution in [0.1, 0.15) is 38.4 Å². The summed E-state index contributed by atoms with van der Waals surface area (Å²) in [5.74, 6) is 0.377. The number of aromatic amines is 1. The van der Waals surface area contributed by atoms with Crippen molar-refractivity contribution in [2.45, 2.75) is 20.0 Å². The van der Waals surface area contributed by atoms with Gasteiger partial charge in [-0.2, -0.15) is 15.6 Å². The molecule has 0 aliphatic carbocycles. The first kappa shape index (κ1) is 17.3. The fraction of sp³-hybridized carbons (Fsp3) is 0.143. The minimum Gasteiger partial charge on any atom is -0.453 e. The molecule has 0 fully saturated rings. The summed E-state index contributed by atoms with van der Waals surface area (Å²) in [4.78, 5) is 14.8. The largest absolute Gasteiger partial charge is 0.453 e. The molecule has 4 rings (SSSR count). The van der Waals surface area contributed by atoms with Crippen LogP contribution in [0.2, 0.25) is 0 Å². The third-order valence-corrected chi connectivity index (χ3v) is 4.62. The fourth-order valence-corrected chi connectivity index (χ4v) is 3.23. The molecular weight excluding hydrogens is 354 g/mol. The lowest BCUT2D eigenvalue weighted by Crippen LogP contribution is -2.26. The Hall–Kier alpha value is -4.10. The van der Waals surface area contributed by atoms with Gasteiger partial charge in [0, 0.05) is 13.1 Å². The monoisotopic (exact) mass is 369 g/mol. The topological polar surface area (TPSA) is 106 Å². The molecule has 0 bridgehead atoms. The van der Waals surface area contributed by atoms with E-state index in [1.807, 2.05) is 36.4 Å². The molecule has 1 amide bonds. The molecule has 0 spiro atoms. The number of hydrogen-bond donors (Lipinski definition) is 1. The summed E-state index contributed by atoms with van der Waals surface area (Å²) < 4.78 is 5.88. The number of carbonyl (C=O) groups excluding carboxylic acids is 1. The predicted molar refractivity (Wildman–Crippen MR) is 99.3 cm³/mol. The highest BCUT2D eigenvalue weighted by Crippen LogP contribution is 2.31. The van der Waals surface area contributed by atoms with Gasteiger partial charge < -0.3 is 9.64 Å². The summed E-state index contributed by atoms with van der Waals surface area (Å²) >= 11 is 0. The van der Waals surface area contributed by atoms with Crippen molar-refractivity contribution in [3.8, 4) is 23.6 Å². The number of nitrogens with zero attached hydrogens (tertiary/aromatic N) is 4. The maximum atomic E-state index is 13.1. The van der Waals surface area contributed by atoms with Crippen LogP contribution in [0.4, 0.5) is 0 Å². The van der Waals surface area contributed by atoms with Crippen molar-refractivity contribution in [3.63, 3.8) is 0 Å².